The summed E-state index contributed by atoms with van der Waals surface area (Å²) in [6, 6.07) is 6.18. The standard InChI is InChI=1S/C23H35N5O3.HI/c1-6-24-23(26-14-19-13-20(16(2)3)27-31-19)25-8-10-28-9-7-17-11-21(29-4)22(30-5)12-18(17)15-28;/h11-13,16H,6-10,14-15H2,1-5H3,(H2,24,25,26);1H. The second kappa shape index (κ2) is 12.9. The van der Waals surface area contributed by atoms with Crippen molar-refractivity contribution in [2.45, 2.75) is 46.2 Å². The average molecular weight is 557 g/mol. The molecule has 0 fully saturated rings. The number of aliphatic imine (C=N–C) groups is 1. The maximum Gasteiger partial charge on any atom is 0.191 e. The van der Waals surface area contributed by atoms with Crippen LogP contribution < -0.4 is 20.1 Å². The van der Waals surface area contributed by atoms with Crippen LogP contribution in [-0.2, 0) is 19.5 Å². The van der Waals surface area contributed by atoms with Crippen LogP contribution >= 0.6 is 24.0 Å². The minimum absolute atomic E-state index is 0. The van der Waals surface area contributed by atoms with Crippen molar-refractivity contribution in [2.24, 2.45) is 4.99 Å². The molecule has 32 heavy (non-hydrogen) atoms. The zero-order chi connectivity index (χ0) is 22.2. The number of fused-ring (bicyclic) bond motifs is 1. The molecule has 2 N–H and O–H groups in total. The summed E-state index contributed by atoms with van der Waals surface area (Å²) in [7, 11) is 3.36. The van der Waals surface area contributed by atoms with E-state index in [9.17, 15) is 0 Å². The fraction of sp³-hybridized carbons (Fsp3) is 0.565. The second-order valence-electron chi connectivity index (χ2n) is 8.00. The van der Waals surface area contributed by atoms with E-state index in [0.29, 0.717) is 12.5 Å². The normalized spacial score (nSPS) is 14.0. The maximum atomic E-state index is 5.46. The minimum Gasteiger partial charge on any atom is -0.493 e. The van der Waals surface area contributed by atoms with Gasteiger partial charge in [0.15, 0.2) is 23.2 Å². The summed E-state index contributed by atoms with van der Waals surface area (Å²) in [4.78, 5) is 7.07. The highest BCUT2D eigenvalue weighted by atomic mass is 127. The number of rotatable bonds is 9. The van der Waals surface area contributed by atoms with Crippen LogP contribution in [0.25, 0.3) is 0 Å². The number of hydrogen-bond acceptors (Lipinski definition) is 6. The van der Waals surface area contributed by atoms with Crippen molar-refractivity contribution in [1.29, 1.82) is 0 Å². The third kappa shape index (κ3) is 6.99. The Bertz CT molecular complexity index is 885. The first kappa shape index (κ1) is 26.2. The first-order chi connectivity index (χ1) is 15.0. The second-order valence-corrected chi connectivity index (χ2v) is 8.00. The van der Waals surface area contributed by atoms with E-state index >= 15 is 0 Å². The van der Waals surface area contributed by atoms with Crippen molar-refractivity contribution in [3.05, 3.63) is 40.8 Å². The van der Waals surface area contributed by atoms with Gasteiger partial charge in [-0.3, -0.25) is 4.90 Å². The molecule has 0 amide bonds. The average Bonchev–Trinajstić information content (AvgIpc) is 3.26. The first-order valence-electron chi connectivity index (χ1n) is 11.0. The van der Waals surface area contributed by atoms with E-state index < -0.39 is 0 Å². The molecule has 0 bridgehead atoms. The van der Waals surface area contributed by atoms with Gasteiger partial charge in [-0.2, -0.15) is 0 Å². The van der Waals surface area contributed by atoms with E-state index in [4.69, 9.17) is 14.0 Å². The summed E-state index contributed by atoms with van der Waals surface area (Å²) in [5.74, 6) is 3.50. The van der Waals surface area contributed by atoms with Crippen LogP contribution in [0, 0.1) is 0 Å². The minimum atomic E-state index is 0. The fourth-order valence-corrected chi connectivity index (χ4v) is 3.64. The van der Waals surface area contributed by atoms with Gasteiger partial charge in [0.1, 0.15) is 6.54 Å². The van der Waals surface area contributed by atoms with Crippen LogP contribution in [0.4, 0.5) is 0 Å². The molecule has 0 radical (unpaired) electrons. The molecule has 8 nitrogen and oxygen atoms in total. The van der Waals surface area contributed by atoms with Crippen LogP contribution in [-0.4, -0.2) is 56.4 Å². The molecule has 0 unspecified atom stereocenters. The highest BCUT2D eigenvalue weighted by molar-refractivity contribution is 14.0. The summed E-state index contributed by atoms with van der Waals surface area (Å²) in [6.45, 7) is 11.2. The lowest BCUT2D eigenvalue weighted by Gasteiger charge is -2.29. The Kier molecular flexibility index (Phi) is 10.6. The summed E-state index contributed by atoms with van der Waals surface area (Å²) in [5, 5.41) is 10.8. The topological polar surface area (TPSA) is 84.2 Å². The number of benzene rings is 1. The Hall–Kier alpha value is -2.01. The molecule has 1 aliphatic heterocycles. The van der Waals surface area contributed by atoms with Gasteiger partial charge in [0.2, 0.25) is 0 Å². The van der Waals surface area contributed by atoms with E-state index in [1.165, 1.54) is 11.1 Å². The first-order valence-corrected chi connectivity index (χ1v) is 11.0. The van der Waals surface area contributed by atoms with E-state index in [-0.39, 0.29) is 24.0 Å². The zero-order valence-corrected chi connectivity index (χ0v) is 22.1. The summed E-state index contributed by atoms with van der Waals surface area (Å²) >= 11 is 0. The Labute approximate surface area is 208 Å². The van der Waals surface area contributed by atoms with Crippen LogP contribution in [0.1, 0.15) is 49.3 Å². The van der Waals surface area contributed by atoms with Gasteiger partial charge in [0, 0.05) is 38.8 Å². The number of hydrogen-bond donors (Lipinski definition) is 2. The van der Waals surface area contributed by atoms with E-state index in [0.717, 1.165) is 68.1 Å². The van der Waals surface area contributed by atoms with Crippen LogP contribution in [0.15, 0.2) is 27.7 Å². The largest absolute Gasteiger partial charge is 0.493 e. The lowest BCUT2D eigenvalue weighted by atomic mass is 9.99. The third-order valence-electron chi connectivity index (χ3n) is 5.42. The summed E-state index contributed by atoms with van der Waals surface area (Å²) < 4.78 is 16.3. The molecular formula is C23H36IN5O3. The van der Waals surface area contributed by atoms with Gasteiger partial charge >= 0.3 is 0 Å². The number of nitrogens with one attached hydrogen (secondary N) is 2. The van der Waals surface area contributed by atoms with Gasteiger partial charge < -0.3 is 24.6 Å². The van der Waals surface area contributed by atoms with Gasteiger partial charge in [-0.25, -0.2) is 4.99 Å². The molecule has 178 valence electrons. The zero-order valence-electron chi connectivity index (χ0n) is 19.7. The number of nitrogens with zero attached hydrogens (tertiary/aromatic N) is 3. The Balaban J connectivity index is 0.00000363. The Morgan fingerprint density at radius 1 is 1.16 bits per heavy atom. The van der Waals surface area contributed by atoms with Crippen molar-refractivity contribution in [2.75, 3.05) is 40.4 Å². The van der Waals surface area contributed by atoms with Gasteiger partial charge in [0.25, 0.3) is 0 Å². The lowest BCUT2D eigenvalue weighted by molar-refractivity contribution is 0.256. The Morgan fingerprint density at radius 3 is 2.50 bits per heavy atom. The summed E-state index contributed by atoms with van der Waals surface area (Å²) in [5.41, 5.74) is 3.60. The molecule has 0 aliphatic carbocycles. The molecule has 9 heteroatoms. The van der Waals surface area contributed by atoms with E-state index in [1.54, 1.807) is 14.2 Å². The number of halogens is 1. The van der Waals surface area contributed by atoms with Crippen molar-refractivity contribution in [1.82, 2.24) is 20.7 Å². The van der Waals surface area contributed by atoms with Crippen LogP contribution in [0.3, 0.4) is 0 Å². The van der Waals surface area contributed by atoms with Crippen molar-refractivity contribution in [3.8, 4) is 11.5 Å². The van der Waals surface area contributed by atoms with E-state index in [2.05, 4.69) is 58.6 Å². The van der Waals surface area contributed by atoms with Gasteiger partial charge in [-0.05, 0) is 42.5 Å². The number of aromatic nitrogens is 1. The molecule has 1 aromatic carbocycles. The van der Waals surface area contributed by atoms with E-state index in [1.807, 2.05) is 6.07 Å². The molecule has 1 aliphatic rings. The van der Waals surface area contributed by atoms with Crippen LogP contribution in [0.2, 0.25) is 0 Å². The van der Waals surface area contributed by atoms with Crippen molar-refractivity contribution < 1.29 is 14.0 Å². The molecule has 2 heterocycles. The van der Waals surface area contributed by atoms with Crippen LogP contribution in [0.5, 0.6) is 11.5 Å². The molecule has 2 aromatic rings. The smallest absolute Gasteiger partial charge is 0.191 e. The predicted molar refractivity (Wildman–Crippen MR) is 137 cm³/mol. The molecule has 0 saturated carbocycles. The third-order valence-corrected chi connectivity index (χ3v) is 5.42. The highest BCUT2D eigenvalue weighted by Crippen LogP contribution is 2.33. The quantitative estimate of drug-likeness (QED) is 0.277. The molecule has 0 saturated heterocycles. The monoisotopic (exact) mass is 557 g/mol. The van der Waals surface area contributed by atoms with Crippen molar-refractivity contribution >= 4 is 29.9 Å². The fourth-order valence-electron chi connectivity index (χ4n) is 3.64. The molecular weight excluding hydrogens is 521 g/mol. The van der Waals surface area contributed by atoms with Gasteiger partial charge in [-0.15, -0.1) is 24.0 Å². The van der Waals surface area contributed by atoms with Gasteiger partial charge in [0.05, 0.1) is 19.9 Å². The number of ether oxygens (including phenoxy) is 2. The summed E-state index contributed by atoms with van der Waals surface area (Å²) in [6.07, 6.45) is 1.01. The van der Waals surface area contributed by atoms with Gasteiger partial charge in [-0.1, -0.05) is 19.0 Å². The molecule has 1 aromatic heterocycles. The van der Waals surface area contributed by atoms with Crippen molar-refractivity contribution in [3.63, 3.8) is 0 Å². The maximum absolute atomic E-state index is 5.46. The predicted octanol–water partition coefficient (Wildman–Crippen LogP) is 3.55. The Morgan fingerprint density at radius 2 is 1.88 bits per heavy atom. The SMILES string of the molecule is CCNC(=NCc1cc(C(C)C)no1)NCCN1CCc2cc(OC)c(OC)cc2C1.I. The number of guanidine groups is 1. The lowest BCUT2D eigenvalue weighted by Crippen LogP contribution is -2.42. The molecule has 0 spiro atoms. The molecule has 3 rings (SSSR count). The molecule has 0 atom stereocenters. The number of methoxy groups -OCH3 is 2. The highest BCUT2D eigenvalue weighted by Gasteiger charge is 2.19.